The first kappa shape index (κ1) is 19.3. The van der Waals surface area contributed by atoms with Crippen LogP contribution in [0, 0.1) is 5.92 Å². The van der Waals surface area contributed by atoms with Crippen LogP contribution >= 0.6 is 0 Å². The van der Waals surface area contributed by atoms with Gasteiger partial charge in [0, 0.05) is 31.4 Å². The van der Waals surface area contributed by atoms with Crippen LogP contribution in [0.25, 0.3) is 0 Å². The van der Waals surface area contributed by atoms with Gasteiger partial charge >= 0.3 is 0 Å². The van der Waals surface area contributed by atoms with Gasteiger partial charge < -0.3 is 10.6 Å². The van der Waals surface area contributed by atoms with Crippen molar-refractivity contribution in [3.05, 3.63) is 102 Å². The Labute approximate surface area is 172 Å². The number of pyridine rings is 1. The summed E-state index contributed by atoms with van der Waals surface area (Å²) >= 11 is 0. The van der Waals surface area contributed by atoms with Gasteiger partial charge in [0.1, 0.15) is 5.41 Å². The Kier molecular flexibility index (Phi) is 5.72. The van der Waals surface area contributed by atoms with Crippen LogP contribution in [0.2, 0.25) is 0 Å². The van der Waals surface area contributed by atoms with Gasteiger partial charge in [-0.05, 0) is 42.1 Å². The van der Waals surface area contributed by atoms with Crippen LogP contribution in [0.1, 0.15) is 23.2 Å². The summed E-state index contributed by atoms with van der Waals surface area (Å²) in [7, 11) is 0. The standard InChI is InChI=1S/C25H27N3O/c26-24(29)25(20-9-3-1-4-10-20,21-11-5-2-6-12-21)22-14-17-28(19-22)18-15-23-13-7-8-16-27-23/h1-13,16,22H,14-15,17-19H2,(H2,26,29)/t22-/m0/s1. The maximum Gasteiger partial charge on any atom is 0.232 e. The van der Waals surface area contributed by atoms with Crippen LogP contribution in [0.15, 0.2) is 85.1 Å². The third-order valence-corrected chi connectivity index (χ3v) is 6.14. The fourth-order valence-corrected chi connectivity index (χ4v) is 4.73. The number of carbonyl (C=O) groups excluding carboxylic acids is 1. The van der Waals surface area contributed by atoms with Crippen molar-refractivity contribution in [1.82, 2.24) is 9.88 Å². The molecule has 1 atom stereocenters. The molecule has 1 aliphatic rings. The van der Waals surface area contributed by atoms with Gasteiger partial charge in [-0.3, -0.25) is 9.78 Å². The summed E-state index contributed by atoms with van der Waals surface area (Å²) in [5.41, 5.74) is 8.41. The lowest BCUT2D eigenvalue weighted by Crippen LogP contribution is -2.49. The zero-order valence-electron chi connectivity index (χ0n) is 16.6. The van der Waals surface area contributed by atoms with Crippen molar-refractivity contribution in [3.8, 4) is 0 Å². The SMILES string of the molecule is NC(=O)C(c1ccccc1)(c1ccccc1)[C@H]1CCN(CCc2ccccn2)C1. The van der Waals surface area contributed by atoms with Crippen molar-refractivity contribution in [2.24, 2.45) is 11.7 Å². The van der Waals surface area contributed by atoms with Crippen molar-refractivity contribution in [2.45, 2.75) is 18.3 Å². The van der Waals surface area contributed by atoms with E-state index in [4.69, 9.17) is 5.73 Å². The van der Waals surface area contributed by atoms with E-state index in [1.54, 1.807) is 0 Å². The van der Waals surface area contributed by atoms with E-state index in [2.05, 4.69) is 16.0 Å². The Morgan fingerprint density at radius 2 is 1.59 bits per heavy atom. The van der Waals surface area contributed by atoms with Crippen LogP contribution in [-0.2, 0) is 16.6 Å². The highest BCUT2D eigenvalue weighted by molar-refractivity contribution is 5.91. The van der Waals surface area contributed by atoms with Crippen molar-refractivity contribution in [3.63, 3.8) is 0 Å². The predicted molar refractivity (Wildman–Crippen MR) is 115 cm³/mol. The number of hydrogen-bond donors (Lipinski definition) is 1. The first-order valence-electron chi connectivity index (χ1n) is 10.2. The summed E-state index contributed by atoms with van der Waals surface area (Å²) in [5, 5.41) is 0. The molecule has 0 aliphatic carbocycles. The Balaban J connectivity index is 1.63. The van der Waals surface area contributed by atoms with Crippen LogP contribution < -0.4 is 5.73 Å². The summed E-state index contributed by atoms with van der Waals surface area (Å²) in [6.07, 6.45) is 3.69. The minimum atomic E-state index is -0.817. The van der Waals surface area contributed by atoms with Gasteiger partial charge in [0.25, 0.3) is 0 Å². The molecule has 29 heavy (non-hydrogen) atoms. The van der Waals surface area contributed by atoms with E-state index < -0.39 is 5.41 Å². The van der Waals surface area contributed by atoms with Crippen LogP contribution in [0.5, 0.6) is 0 Å². The number of aromatic nitrogens is 1. The third-order valence-electron chi connectivity index (χ3n) is 6.14. The van der Waals surface area contributed by atoms with Gasteiger partial charge in [-0.2, -0.15) is 0 Å². The molecule has 2 N–H and O–H groups in total. The second-order valence-corrected chi connectivity index (χ2v) is 7.76. The van der Waals surface area contributed by atoms with Gasteiger partial charge in [-0.25, -0.2) is 0 Å². The molecule has 2 aromatic carbocycles. The summed E-state index contributed by atoms with van der Waals surface area (Å²) < 4.78 is 0. The van der Waals surface area contributed by atoms with Gasteiger partial charge in [-0.1, -0.05) is 66.7 Å². The molecule has 1 saturated heterocycles. The van der Waals surface area contributed by atoms with Crippen molar-refractivity contribution in [1.29, 1.82) is 0 Å². The average molecular weight is 386 g/mol. The Morgan fingerprint density at radius 3 is 2.14 bits per heavy atom. The van der Waals surface area contributed by atoms with Gasteiger partial charge in [-0.15, -0.1) is 0 Å². The molecule has 3 aromatic rings. The lowest BCUT2D eigenvalue weighted by Gasteiger charge is -2.37. The van der Waals surface area contributed by atoms with Crippen LogP contribution in [-0.4, -0.2) is 35.4 Å². The summed E-state index contributed by atoms with van der Waals surface area (Å²) in [6, 6.07) is 26.1. The maximum atomic E-state index is 13.1. The number of hydrogen-bond acceptors (Lipinski definition) is 3. The van der Waals surface area contributed by atoms with E-state index in [-0.39, 0.29) is 11.8 Å². The molecule has 0 bridgehead atoms. The molecule has 0 saturated carbocycles. The maximum absolute atomic E-state index is 13.1. The van der Waals surface area contributed by atoms with Gasteiger partial charge in [0.15, 0.2) is 0 Å². The minimum absolute atomic E-state index is 0.133. The number of rotatable bonds is 7. The van der Waals surface area contributed by atoms with Crippen molar-refractivity contribution in [2.75, 3.05) is 19.6 Å². The zero-order chi connectivity index (χ0) is 20.1. The molecule has 0 unspecified atom stereocenters. The van der Waals surface area contributed by atoms with Crippen molar-refractivity contribution >= 4 is 5.91 Å². The quantitative estimate of drug-likeness (QED) is 0.678. The fourth-order valence-electron chi connectivity index (χ4n) is 4.73. The number of amides is 1. The van der Waals surface area contributed by atoms with E-state index in [9.17, 15) is 4.79 Å². The van der Waals surface area contributed by atoms with E-state index in [1.165, 1.54) is 0 Å². The normalized spacial score (nSPS) is 17.3. The third kappa shape index (κ3) is 3.81. The smallest absolute Gasteiger partial charge is 0.232 e. The van der Waals surface area contributed by atoms with E-state index >= 15 is 0 Å². The Hall–Kier alpha value is -2.98. The molecular formula is C25H27N3O. The Morgan fingerprint density at radius 1 is 0.966 bits per heavy atom. The number of carbonyl (C=O) groups is 1. The molecule has 1 amide bonds. The molecule has 1 aromatic heterocycles. The van der Waals surface area contributed by atoms with Crippen LogP contribution in [0.4, 0.5) is 0 Å². The number of likely N-dealkylation sites (tertiary alicyclic amines) is 1. The molecular weight excluding hydrogens is 358 g/mol. The second-order valence-electron chi connectivity index (χ2n) is 7.76. The predicted octanol–water partition coefficient (Wildman–Crippen LogP) is 3.42. The minimum Gasteiger partial charge on any atom is -0.369 e. The Bertz CT molecular complexity index is 889. The average Bonchev–Trinajstić information content (AvgIpc) is 3.24. The molecule has 0 spiro atoms. The number of nitrogens with two attached hydrogens (primary N) is 1. The fraction of sp³-hybridized carbons (Fsp3) is 0.280. The van der Waals surface area contributed by atoms with E-state index in [0.717, 1.165) is 49.3 Å². The molecule has 2 heterocycles. The lowest BCUT2D eigenvalue weighted by molar-refractivity contribution is -0.123. The van der Waals surface area contributed by atoms with Gasteiger partial charge in [0.2, 0.25) is 5.91 Å². The topological polar surface area (TPSA) is 59.2 Å². The summed E-state index contributed by atoms with van der Waals surface area (Å²) in [4.78, 5) is 20.0. The number of nitrogens with zero attached hydrogens (tertiary/aromatic N) is 2. The molecule has 4 nitrogen and oxygen atoms in total. The highest BCUT2D eigenvalue weighted by Gasteiger charge is 2.49. The summed E-state index contributed by atoms with van der Waals surface area (Å²) in [5.74, 6) is -0.139. The summed E-state index contributed by atoms with van der Waals surface area (Å²) in [6.45, 7) is 2.75. The first-order chi connectivity index (χ1) is 14.2. The lowest BCUT2D eigenvalue weighted by atomic mass is 9.64. The van der Waals surface area contributed by atoms with Crippen molar-refractivity contribution < 1.29 is 4.79 Å². The first-order valence-corrected chi connectivity index (χ1v) is 10.2. The van der Waals surface area contributed by atoms with E-state index in [1.807, 2.05) is 79.0 Å². The van der Waals surface area contributed by atoms with Crippen LogP contribution in [0.3, 0.4) is 0 Å². The molecule has 4 rings (SSSR count). The molecule has 148 valence electrons. The number of primary amides is 1. The molecule has 1 fully saturated rings. The molecule has 0 radical (unpaired) electrons. The largest absolute Gasteiger partial charge is 0.369 e. The monoisotopic (exact) mass is 385 g/mol. The molecule has 4 heteroatoms. The second kappa shape index (κ2) is 8.58. The van der Waals surface area contributed by atoms with Gasteiger partial charge in [0.05, 0.1) is 0 Å². The molecule has 1 aliphatic heterocycles. The van der Waals surface area contributed by atoms with E-state index in [0.29, 0.717) is 0 Å². The highest BCUT2D eigenvalue weighted by Crippen LogP contribution is 2.43. The zero-order valence-corrected chi connectivity index (χ0v) is 16.6. The highest BCUT2D eigenvalue weighted by atomic mass is 16.1. The number of benzene rings is 2.